The molecule has 0 bridgehead atoms. The first kappa shape index (κ1) is 11.8. The number of rotatable bonds is 2. The van der Waals surface area contributed by atoms with Gasteiger partial charge in [-0.15, -0.1) is 0 Å². The summed E-state index contributed by atoms with van der Waals surface area (Å²) in [6.07, 6.45) is 9.93. The average molecular weight is 246 g/mol. The Balaban J connectivity index is 1.84. The molecule has 18 heavy (non-hydrogen) atoms. The van der Waals surface area contributed by atoms with Crippen molar-refractivity contribution in [3.8, 4) is 0 Å². The topological polar surface area (TPSA) is 41.0 Å². The molecule has 2 unspecified atom stereocenters. The monoisotopic (exact) mass is 246 g/mol. The van der Waals surface area contributed by atoms with Crippen LogP contribution in [0.15, 0.2) is 12.4 Å². The number of nitrogens with zero attached hydrogens (tertiary/aromatic N) is 3. The van der Waals surface area contributed by atoms with Gasteiger partial charge in [0.15, 0.2) is 0 Å². The smallest absolute Gasteiger partial charge is 0.134 e. The number of nitrogens with one attached hydrogen (secondary N) is 1. The number of anilines is 2. The van der Waals surface area contributed by atoms with E-state index in [0.29, 0.717) is 6.04 Å². The number of hydrogen-bond donors (Lipinski definition) is 1. The minimum atomic E-state index is 0.715. The molecule has 2 aliphatic rings. The highest BCUT2D eigenvalue weighted by molar-refractivity contribution is 5.49. The Labute approximate surface area is 109 Å². The van der Waals surface area contributed by atoms with E-state index in [1.807, 2.05) is 7.05 Å². The highest BCUT2D eigenvalue weighted by atomic mass is 15.2. The molecular weight excluding hydrogens is 224 g/mol. The van der Waals surface area contributed by atoms with Crippen molar-refractivity contribution < 1.29 is 0 Å². The Morgan fingerprint density at radius 1 is 1.17 bits per heavy atom. The average Bonchev–Trinajstić information content (AvgIpc) is 2.47. The summed E-state index contributed by atoms with van der Waals surface area (Å²) in [6.45, 7) is 1.15. The Morgan fingerprint density at radius 3 is 2.89 bits per heavy atom. The van der Waals surface area contributed by atoms with Gasteiger partial charge in [-0.3, -0.25) is 0 Å². The van der Waals surface area contributed by atoms with E-state index in [0.717, 1.165) is 24.1 Å². The van der Waals surface area contributed by atoms with Crippen LogP contribution >= 0.6 is 0 Å². The molecule has 0 amide bonds. The number of aromatic nitrogens is 2. The van der Waals surface area contributed by atoms with E-state index >= 15 is 0 Å². The Morgan fingerprint density at radius 2 is 2.00 bits per heavy atom. The van der Waals surface area contributed by atoms with Crippen molar-refractivity contribution in [3.05, 3.63) is 12.4 Å². The van der Waals surface area contributed by atoms with Gasteiger partial charge in [0, 0.05) is 25.7 Å². The van der Waals surface area contributed by atoms with E-state index in [-0.39, 0.29) is 0 Å². The van der Waals surface area contributed by atoms with Crippen molar-refractivity contribution in [3.63, 3.8) is 0 Å². The van der Waals surface area contributed by atoms with E-state index in [1.54, 1.807) is 6.33 Å². The molecule has 1 saturated heterocycles. The van der Waals surface area contributed by atoms with Gasteiger partial charge in [0.05, 0.1) is 0 Å². The van der Waals surface area contributed by atoms with Crippen molar-refractivity contribution in [2.24, 2.45) is 5.92 Å². The summed E-state index contributed by atoms with van der Waals surface area (Å²) in [7, 11) is 1.91. The molecule has 0 radical (unpaired) electrons. The molecule has 1 aromatic heterocycles. The predicted octanol–water partition coefficient (Wildman–Crippen LogP) is 2.68. The van der Waals surface area contributed by atoms with Crippen molar-refractivity contribution in [2.75, 3.05) is 23.8 Å². The minimum absolute atomic E-state index is 0.715. The molecule has 4 nitrogen and oxygen atoms in total. The lowest BCUT2D eigenvalue weighted by Gasteiger charge is -2.44. The van der Waals surface area contributed by atoms with E-state index in [9.17, 15) is 0 Å². The lowest BCUT2D eigenvalue weighted by molar-refractivity contribution is 0.242. The van der Waals surface area contributed by atoms with Gasteiger partial charge in [0.1, 0.15) is 18.0 Å². The lowest BCUT2D eigenvalue weighted by atomic mass is 9.78. The fraction of sp³-hybridized carbons (Fsp3) is 0.714. The first-order chi connectivity index (χ1) is 8.88. The van der Waals surface area contributed by atoms with E-state index in [4.69, 9.17) is 0 Å². The highest BCUT2D eigenvalue weighted by Crippen LogP contribution is 2.37. The molecule has 1 aliphatic carbocycles. The van der Waals surface area contributed by atoms with Gasteiger partial charge < -0.3 is 10.2 Å². The zero-order valence-electron chi connectivity index (χ0n) is 11.1. The summed E-state index contributed by atoms with van der Waals surface area (Å²) in [5, 5.41) is 3.10. The summed E-state index contributed by atoms with van der Waals surface area (Å²) in [4.78, 5) is 11.2. The Kier molecular flexibility index (Phi) is 3.35. The molecular formula is C14H22N4. The number of piperidine rings is 1. The predicted molar refractivity (Wildman–Crippen MR) is 73.9 cm³/mol. The molecule has 1 aromatic rings. The van der Waals surface area contributed by atoms with Gasteiger partial charge in [-0.25, -0.2) is 9.97 Å². The van der Waals surface area contributed by atoms with Gasteiger partial charge in [-0.1, -0.05) is 12.8 Å². The lowest BCUT2D eigenvalue weighted by Crippen LogP contribution is -2.47. The second kappa shape index (κ2) is 5.12. The maximum atomic E-state index is 4.48. The molecule has 2 fully saturated rings. The minimum Gasteiger partial charge on any atom is -0.373 e. The van der Waals surface area contributed by atoms with Crippen LogP contribution in [0.2, 0.25) is 0 Å². The second-order valence-electron chi connectivity index (χ2n) is 5.46. The summed E-state index contributed by atoms with van der Waals surface area (Å²) in [5.74, 6) is 2.91. The summed E-state index contributed by atoms with van der Waals surface area (Å²) in [6, 6.07) is 2.80. The van der Waals surface area contributed by atoms with Gasteiger partial charge in [0.2, 0.25) is 0 Å². The van der Waals surface area contributed by atoms with Crippen LogP contribution in [0, 0.1) is 5.92 Å². The zero-order valence-corrected chi connectivity index (χ0v) is 11.1. The fourth-order valence-electron chi connectivity index (χ4n) is 3.55. The third-order valence-corrected chi connectivity index (χ3v) is 4.45. The molecule has 1 saturated carbocycles. The van der Waals surface area contributed by atoms with Crippen LogP contribution < -0.4 is 10.2 Å². The maximum Gasteiger partial charge on any atom is 0.134 e. The third-order valence-electron chi connectivity index (χ3n) is 4.45. The van der Waals surface area contributed by atoms with Crippen LogP contribution in [-0.2, 0) is 0 Å². The van der Waals surface area contributed by atoms with Crippen molar-refractivity contribution >= 4 is 11.6 Å². The first-order valence-corrected chi connectivity index (χ1v) is 7.15. The van der Waals surface area contributed by atoms with E-state index in [2.05, 4.69) is 26.3 Å². The van der Waals surface area contributed by atoms with Gasteiger partial charge in [-0.05, 0) is 31.6 Å². The fourth-order valence-corrected chi connectivity index (χ4v) is 3.55. The highest BCUT2D eigenvalue weighted by Gasteiger charge is 2.33. The summed E-state index contributed by atoms with van der Waals surface area (Å²) in [5.41, 5.74) is 0. The van der Waals surface area contributed by atoms with Crippen molar-refractivity contribution in [1.29, 1.82) is 0 Å². The van der Waals surface area contributed by atoms with E-state index < -0.39 is 0 Å². The van der Waals surface area contributed by atoms with Gasteiger partial charge >= 0.3 is 0 Å². The number of hydrogen-bond acceptors (Lipinski definition) is 4. The van der Waals surface area contributed by atoms with Gasteiger partial charge in [0.25, 0.3) is 0 Å². The molecule has 1 aliphatic heterocycles. The molecule has 0 aromatic carbocycles. The Hall–Kier alpha value is -1.32. The van der Waals surface area contributed by atoms with Crippen LogP contribution in [0.1, 0.15) is 38.5 Å². The van der Waals surface area contributed by atoms with Crippen LogP contribution in [0.3, 0.4) is 0 Å². The molecule has 2 heterocycles. The van der Waals surface area contributed by atoms with Crippen LogP contribution in [0.4, 0.5) is 11.6 Å². The van der Waals surface area contributed by atoms with Crippen molar-refractivity contribution in [2.45, 2.75) is 44.6 Å². The summed E-state index contributed by atoms with van der Waals surface area (Å²) < 4.78 is 0. The van der Waals surface area contributed by atoms with E-state index in [1.165, 1.54) is 38.5 Å². The third kappa shape index (κ3) is 2.16. The van der Waals surface area contributed by atoms with Crippen LogP contribution in [0.25, 0.3) is 0 Å². The largest absolute Gasteiger partial charge is 0.373 e. The zero-order chi connectivity index (χ0) is 12.4. The second-order valence-corrected chi connectivity index (χ2v) is 5.46. The summed E-state index contributed by atoms with van der Waals surface area (Å²) >= 11 is 0. The normalized spacial score (nSPS) is 27.7. The van der Waals surface area contributed by atoms with Gasteiger partial charge in [-0.2, -0.15) is 0 Å². The SMILES string of the molecule is CNc1cc(N2CCCC3CCCCC32)ncn1. The van der Waals surface area contributed by atoms with Crippen molar-refractivity contribution in [1.82, 2.24) is 9.97 Å². The van der Waals surface area contributed by atoms with Crippen LogP contribution in [-0.4, -0.2) is 29.6 Å². The molecule has 1 N–H and O–H groups in total. The molecule has 98 valence electrons. The maximum absolute atomic E-state index is 4.48. The van der Waals surface area contributed by atoms with Crippen LogP contribution in [0.5, 0.6) is 0 Å². The molecule has 4 heteroatoms. The number of fused-ring (bicyclic) bond motifs is 1. The molecule has 3 rings (SSSR count). The Bertz CT molecular complexity index is 405. The molecule has 2 atom stereocenters. The first-order valence-electron chi connectivity index (χ1n) is 7.15. The molecule has 0 spiro atoms. The standard InChI is InChI=1S/C14H22N4/c1-15-13-9-14(17-10-16-13)18-8-4-6-11-5-2-3-7-12(11)18/h9-12H,2-8H2,1H3,(H,15,16,17). The quantitative estimate of drug-likeness (QED) is 0.871.